The summed E-state index contributed by atoms with van der Waals surface area (Å²) < 4.78 is 62.9. The van der Waals surface area contributed by atoms with Gasteiger partial charge in [0.25, 0.3) is 9.05 Å². The molecule has 0 atom stereocenters. The predicted molar refractivity (Wildman–Crippen MR) is 94.2 cm³/mol. The Labute approximate surface area is 157 Å². The topological polar surface area (TPSA) is 76.9 Å². The molecule has 6 nitrogen and oxygen atoms in total. The van der Waals surface area contributed by atoms with E-state index in [1.165, 1.54) is 30.6 Å². The molecule has 0 unspecified atom stereocenters. The van der Waals surface area contributed by atoms with Crippen LogP contribution in [0.5, 0.6) is 0 Å². The highest BCUT2D eigenvalue weighted by Gasteiger charge is 2.30. The van der Waals surface area contributed by atoms with Crippen LogP contribution in [0.25, 0.3) is 11.3 Å². The van der Waals surface area contributed by atoms with Crippen LogP contribution in [-0.4, -0.2) is 23.0 Å². The van der Waals surface area contributed by atoms with Gasteiger partial charge in [0.15, 0.2) is 0 Å². The molecule has 2 aromatic heterocycles. The van der Waals surface area contributed by atoms with Gasteiger partial charge in [0, 0.05) is 41.4 Å². The van der Waals surface area contributed by atoms with E-state index in [-0.39, 0.29) is 10.7 Å². The summed E-state index contributed by atoms with van der Waals surface area (Å²) >= 11 is 0. The SMILES string of the molecule is Cn1cnc(-c2cc(S(=O)(=O)Cl)ccc2Nc2ccc(C(F)(F)F)cn2)c1. The fraction of sp³-hybridized carbons (Fsp3) is 0.125. The predicted octanol–water partition coefficient (Wildman–Crippen LogP) is 4.17. The minimum atomic E-state index is -4.49. The number of aromatic nitrogens is 3. The van der Waals surface area contributed by atoms with Gasteiger partial charge in [-0.3, -0.25) is 0 Å². The Morgan fingerprint density at radius 2 is 1.89 bits per heavy atom. The summed E-state index contributed by atoms with van der Waals surface area (Å²) in [5.74, 6) is 0.154. The summed E-state index contributed by atoms with van der Waals surface area (Å²) in [4.78, 5) is 7.80. The average Bonchev–Trinajstić information content (AvgIpc) is 3.00. The van der Waals surface area contributed by atoms with Gasteiger partial charge < -0.3 is 9.88 Å². The monoisotopic (exact) mass is 416 g/mol. The summed E-state index contributed by atoms with van der Waals surface area (Å²) in [6, 6.07) is 6.13. The highest BCUT2D eigenvalue weighted by molar-refractivity contribution is 8.13. The van der Waals surface area contributed by atoms with Crippen molar-refractivity contribution >= 4 is 31.2 Å². The molecule has 1 N–H and O–H groups in total. The molecule has 2 heterocycles. The first-order valence-corrected chi connectivity index (χ1v) is 9.72. The molecule has 0 fully saturated rings. The summed E-state index contributed by atoms with van der Waals surface area (Å²) in [6.45, 7) is 0. The minimum Gasteiger partial charge on any atom is -0.340 e. The molecule has 142 valence electrons. The van der Waals surface area contributed by atoms with Crippen molar-refractivity contribution in [2.24, 2.45) is 7.05 Å². The molecule has 0 aliphatic rings. The zero-order valence-corrected chi connectivity index (χ0v) is 15.3. The number of nitrogens with one attached hydrogen (secondary N) is 1. The second kappa shape index (κ2) is 6.86. The Bertz CT molecular complexity index is 1080. The van der Waals surface area contributed by atoms with Crippen molar-refractivity contribution in [3.05, 3.63) is 54.6 Å². The van der Waals surface area contributed by atoms with E-state index in [9.17, 15) is 21.6 Å². The number of nitrogens with zero attached hydrogens (tertiary/aromatic N) is 3. The fourth-order valence-corrected chi connectivity index (χ4v) is 3.10. The molecule has 0 aliphatic heterocycles. The second-order valence-corrected chi connectivity index (χ2v) is 8.19. The normalized spacial score (nSPS) is 12.2. The third-order valence-electron chi connectivity index (χ3n) is 3.61. The number of anilines is 2. The molecule has 0 radical (unpaired) electrons. The Balaban J connectivity index is 2.02. The highest BCUT2D eigenvalue weighted by Crippen LogP contribution is 2.33. The average molecular weight is 417 g/mol. The van der Waals surface area contributed by atoms with Crippen molar-refractivity contribution in [1.29, 1.82) is 0 Å². The van der Waals surface area contributed by atoms with Gasteiger partial charge in [-0.2, -0.15) is 13.2 Å². The molecule has 27 heavy (non-hydrogen) atoms. The van der Waals surface area contributed by atoms with E-state index < -0.39 is 20.8 Å². The van der Waals surface area contributed by atoms with E-state index in [0.717, 1.165) is 6.07 Å². The zero-order valence-electron chi connectivity index (χ0n) is 13.7. The van der Waals surface area contributed by atoms with E-state index in [1.807, 2.05) is 0 Å². The third-order valence-corrected chi connectivity index (χ3v) is 4.96. The van der Waals surface area contributed by atoms with Crippen LogP contribution in [0, 0.1) is 0 Å². The Morgan fingerprint density at radius 1 is 1.15 bits per heavy atom. The summed E-state index contributed by atoms with van der Waals surface area (Å²) in [5.41, 5.74) is 0.389. The summed E-state index contributed by atoms with van der Waals surface area (Å²) in [5, 5.41) is 2.87. The van der Waals surface area contributed by atoms with E-state index >= 15 is 0 Å². The number of halogens is 4. The molecule has 3 rings (SSSR count). The van der Waals surface area contributed by atoms with Crippen LogP contribution < -0.4 is 5.32 Å². The molecule has 11 heteroatoms. The fourth-order valence-electron chi connectivity index (χ4n) is 2.32. The van der Waals surface area contributed by atoms with Crippen LogP contribution in [0.1, 0.15) is 5.56 Å². The van der Waals surface area contributed by atoms with Crippen LogP contribution in [0.3, 0.4) is 0 Å². The summed E-state index contributed by atoms with van der Waals surface area (Å²) in [6.07, 6.45) is -0.593. The van der Waals surface area contributed by atoms with E-state index in [4.69, 9.17) is 10.7 Å². The van der Waals surface area contributed by atoms with Crippen LogP contribution in [0.2, 0.25) is 0 Å². The van der Waals surface area contributed by atoms with Gasteiger partial charge >= 0.3 is 6.18 Å². The van der Waals surface area contributed by atoms with Crippen LogP contribution in [-0.2, 0) is 22.3 Å². The second-order valence-electron chi connectivity index (χ2n) is 5.62. The number of imidazole rings is 1. The van der Waals surface area contributed by atoms with Crippen molar-refractivity contribution in [3.63, 3.8) is 0 Å². The zero-order chi connectivity index (χ0) is 19.8. The Kier molecular flexibility index (Phi) is 4.87. The number of rotatable bonds is 4. The van der Waals surface area contributed by atoms with Crippen LogP contribution in [0.4, 0.5) is 24.7 Å². The van der Waals surface area contributed by atoms with Gasteiger partial charge in [-0.15, -0.1) is 0 Å². The molecular formula is C16H12ClF3N4O2S. The maximum absolute atomic E-state index is 12.7. The number of alkyl halides is 3. The third kappa shape index (κ3) is 4.40. The lowest BCUT2D eigenvalue weighted by molar-refractivity contribution is -0.137. The number of hydrogen-bond donors (Lipinski definition) is 1. The molecule has 0 aliphatic carbocycles. The van der Waals surface area contributed by atoms with Gasteiger partial charge in [0.05, 0.1) is 22.5 Å². The molecule has 0 amide bonds. The van der Waals surface area contributed by atoms with Gasteiger partial charge in [-0.05, 0) is 30.3 Å². The van der Waals surface area contributed by atoms with E-state index in [2.05, 4.69) is 15.3 Å². The van der Waals surface area contributed by atoms with Gasteiger partial charge in [0.1, 0.15) is 5.82 Å². The lowest BCUT2D eigenvalue weighted by atomic mass is 10.1. The van der Waals surface area contributed by atoms with E-state index in [0.29, 0.717) is 23.1 Å². The molecule has 1 aromatic carbocycles. The highest BCUT2D eigenvalue weighted by atomic mass is 35.7. The number of hydrogen-bond acceptors (Lipinski definition) is 5. The quantitative estimate of drug-likeness (QED) is 0.646. The van der Waals surface area contributed by atoms with Crippen molar-refractivity contribution in [2.75, 3.05) is 5.32 Å². The maximum atomic E-state index is 12.7. The lowest BCUT2D eigenvalue weighted by Gasteiger charge is -2.12. The number of pyridine rings is 1. The van der Waals surface area contributed by atoms with Gasteiger partial charge in [-0.1, -0.05) is 0 Å². The van der Waals surface area contributed by atoms with Crippen molar-refractivity contribution in [2.45, 2.75) is 11.1 Å². The van der Waals surface area contributed by atoms with Gasteiger partial charge in [0.2, 0.25) is 0 Å². The first-order chi connectivity index (χ1) is 12.5. The Hall–Kier alpha value is -2.59. The minimum absolute atomic E-state index is 0.129. The molecule has 3 aromatic rings. The standard InChI is InChI=1S/C16H12ClF3N4O2S/c1-24-8-14(22-9-24)12-6-11(27(17,25)26)3-4-13(12)23-15-5-2-10(7-21-15)16(18,19)20/h2-9H,1H3,(H,21,23). The first kappa shape index (κ1) is 19.2. The largest absolute Gasteiger partial charge is 0.417 e. The maximum Gasteiger partial charge on any atom is 0.417 e. The first-order valence-electron chi connectivity index (χ1n) is 7.41. The summed E-state index contributed by atoms with van der Waals surface area (Å²) in [7, 11) is 3.17. The molecular weight excluding hydrogens is 405 g/mol. The molecule has 0 bridgehead atoms. The van der Waals surface area contributed by atoms with Crippen molar-refractivity contribution in [1.82, 2.24) is 14.5 Å². The smallest absolute Gasteiger partial charge is 0.340 e. The van der Waals surface area contributed by atoms with E-state index in [1.54, 1.807) is 17.8 Å². The lowest BCUT2D eigenvalue weighted by Crippen LogP contribution is -2.06. The Morgan fingerprint density at radius 3 is 2.41 bits per heavy atom. The van der Waals surface area contributed by atoms with Gasteiger partial charge in [-0.25, -0.2) is 18.4 Å². The molecule has 0 saturated heterocycles. The van der Waals surface area contributed by atoms with Crippen LogP contribution >= 0.6 is 10.7 Å². The number of benzene rings is 1. The molecule has 0 saturated carbocycles. The molecule has 0 spiro atoms. The van der Waals surface area contributed by atoms with Crippen molar-refractivity contribution in [3.8, 4) is 11.3 Å². The number of aryl methyl sites for hydroxylation is 1. The van der Waals surface area contributed by atoms with Crippen molar-refractivity contribution < 1.29 is 21.6 Å². The van der Waals surface area contributed by atoms with Crippen LogP contribution in [0.15, 0.2) is 53.9 Å².